The molecule has 4 heterocycles. The second-order valence-corrected chi connectivity index (χ2v) is 8.40. The van der Waals surface area contributed by atoms with Gasteiger partial charge in [-0.1, -0.05) is 25.2 Å². The van der Waals surface area contributed by atoms with Gasteiger partial charge in [0.1, 0.15) is 29.8 Å². The number of fused-ring (bicyclic) bond motifs is 2. The van der Waals surface area contributed by atoms with E-state index in [0.717, 1.165) is 0 Å². The molecule has 0 aromatic heterocycles. The number of cyclic esters (lactones) is 1. The van der Waals surface area contributed by atoms with Crippen LogP contribution in [0.5, 0.6) is 0 Å². The molecule has 8 heteroatoms. The van der Waals surface area contributed by atoms with Gasteiger partial charge in [0.2, 0.25) is 11.8 Å². The molecule has 1 unspecified atom stereocenters. The fourth-order valence-corrected chi connectivity index (χ4v) is 5.43. The molecule has 158 valence electrons. The van der Waals surface area contributed by atoms with Gasteiger partial charge in [0.05, 0.1) is 12.5 Å². The Kier molecular flexibility index (Phi) is 4.82. The predicted molar refractivity (Wildman–Crippen MR) is 102 cm³/mol. The van der Waals surface area contributed by atoms with Crippen molar-refractivity contribution in [2.45, 2.75) is 50.5 Å². The Morgan fingerprint density at radius 3 is 2.59 bits per heavy atom. The van der Waals surface area contributed by atoms with Gasteiger partial charge in [-0.2, -0.15) is 0 Å². The molecule has 1 N–H and O–H groups in total. The summed E-state index contributed by atoms with van der Waals surface area (Å²) in [5, 5.41) is 9.57. The van der Waals surface area contributed by atoms with E-state index in [1.54, 1.807) is 17.1 Å². The summed E-state index contributed by atoms with van der Waals surface area (Å²) in [7, 11) is 0. The fraction of sp³-hybridized carbons (Fsp3) is 0.667. The third-order valence-electron chi connectivity index (χ3n) is 6.69. The second-order valence-electron chi connectivity index (χ2n) is 8.40. The molecule has 2 saturated heterocycles. The smallest absolute Gasteiger partial charge is 0.313 e. The van der Waals surface area contributed by atoms with E-state index < -0.39 is 35.0 Å². The van der Waals surface area contributed by atoms with Crippen molar-refractivity contribution in [3.63, 3.8) is 0 Å². The van der Waals surface area contributed by atoms with Gasteiger partial charge < -0.3 is 24.4 Å². The van der Waals surface area contributed by atoms with Crippen LogP contribution in [0.4, 0.5) is 0 Å². The van der Waals surface area contributed by atoms with Crippen molar-refractivity contribution >= 4 is 17.8 Å². The van der Waals surface area contributed by atoms with E-state index in [4.69, 9.17) is 9.47 Å². The SMILES string of the molecule is CC[C@]12C=CCOC(=O)[C@H]1[C@H]1C(=O)N(CCO)C3C(=O)N(C(C)C)CC=C[C@@]31O2. The van der Waals surface area contributed by atoms with Crippen LogP contribution in [0.2, 0.25) is 0 Å². The quantitative estimate of drug-likeness (QED) is 0.533. The van der Waals surface area contributed by atoms with Crippen LogP contribution < -0.4 is 0 Å². The van der Waals surface area contributed by atoms with Crippen molar-refractivity contribution in [1.29, 1.82) is 0 Å². The van der Waals surface area contributed by atoms with Gasteiger partial charge in [0, 0.05) is 19.1 Å². The first-order valence-electron chi connectivity index (χ1n) is 10.3. The molecule has 0 bridgehead atoms. The highest BCUT2D eigenvalue weighted by Crippen LogP contribution is 2.58. The predicted octanol–water partition coefficient (Wildman–Crippen LogP) is 0.260. The highest BCUT2D eigenvalue weighted by molar-refractivity contribution is 5.99. The van der Waals surface area contributed by atoms with Gasteiger partial charge in [0.25, 0.3) is 0 Å². The summed E-state index contributed by atoms with van der Waals surface area (Å²) in [5.41, 5.74) is -2.27. The first kappa shape index (κ1) is 20.1. The van der Waals surface area contributed by atoms with E-state index in [2.05, 4.69) is 0 Å². The summed E-state index contributed by atoms with van der Waals surface area (Å²) in [6, 6.07) is -0.992. The van der Waals surface area contributed by atoms with Crippen LogP contribution in [0.25, 0.3) is 0 Å². The monoisotopic (exact) mass is 404 g/mol. The third kappa shape index (κ3) is 2.61. The Labute approximate surface area is 170 Å². The summed E-state index contributed by atoms with van der Waals surface area (Å²) >= 11 is 0. The maximum atomic E-state index is 13.6. The maximum absolute atomic E-state index is 13.6. The molecule has 0 aliphatic carbocycles. The molecular weight excluding hydrogens is 376 g/mol. The van der Waals surface area contributed by atoms with Crippen molar-refractivity contribution in [2.24, 2.45) is 11.8 Å². The maximum Gasteiger partial charge on any atom is 0.313 e. The summed E-state index contributed by atoms with van der Waals surface area (Å²) in [6.45, 7) is 6.00. The van der Waals surface area contributed by atoms with Crippen LogP contribution in [-0.2, 0) is 23.9 Å². The van der Waals surface area contributed by atoms with Crippen molar-refractivity contribution in [1.82, 2.24) is 9.80 Å². The summed E-state index contributed by atoms with van der Waals surface area (Å²) in [4.78, 5) is 43.1. The number of carbonyl (C=O) groups is 3. The van der Waals surface area contributed by atoms with E-state index >= 15 is 0 Å². The lowest BCUT2D eigenvalue weighted by Crippen LogP contribution is -2.57. The normalized spacial score (nSPS) is 38.7. The van der Waals surface area contributed by atoms with E-state index in [0.29, 0.717) is 13.0 Å². The number of hydrogen-bond donors (Lipinski definition) is 1. The molecule has 0 aromatic rings. The summed E-state index contributed by atoms with van der Waals surface area (Å²) in [5.74, 6) is -2.77. The van der Waals surface area contributed by atoms with E-state index in [9.17, 15) is 19.5 Å². The minimum Gasteiger partial charge on any atom is -0.461 e. The molecule has 0 aromatic carbocycles. The zero-order valence-corrected chi connectivity index (χ0v) is 17.0. The van der Waals surface area contributed by atoms with Crippen molar-refractivity contribution in [3.05, 3.63) is 24.3 Å². The lowest BCUT2D eigenvalue weighted by atomic mass is 9.73. The minimum absolute atomic E-state index is 0.00730. The highest BCUT2D eigenvalue weighted by atomic mass is 16.6. The Morgan fingerprint density at radius 1 is 1.17 bits per heavy atom. The Hall–Kier alpha value is -2.19. The first-order valence-corrected chi connectivity index (χ1v) is 10.3. The van der Waals surface area contributed by atoms with Crippen LogP contribution in [0.15, 0.2) is 24.3 Å². The molecule has 0 saturated carbocycles. The number of aliphatic hydroxyl groups excluding tert-OH is 1. The number of ether oxygens (including phenoxy) is 2. The lowest BCUT2D eigenvalue weighted by Gasteiger charge is -2.38. The van der Waals surface area contributed by atoms with Gasteiger partial charge in [-0.05, 0) is 26.3 Å². The number of likely N-dealkylation sites (tertiary alicyclic amines) is 1. The first-order chi connectivity index (χ1) is 13.8. The Morgan fingerprint density at radius 2 is 1.93 bits per heavy atom. The largest absolute Gasteiger partial charge is 0.461 e. The van der Waals surface area contributed by atoms with E-state index in [1.807, 2.05) is 32.9 Å². The fourth-order valence-electron chi connectivity index (χ4n) is 5.43. The van der Waals surface area contributed by atoms with Crippen LogP contribution >= 0.6 is 0 Å². The average Bonchev–Trinajstić information content (AvgIpc) is 2.94. The number of rotatable bonds is 4. The number of carbonyl (C=O) groups excluding carboxylic acids is 3. The zero-order chi connectivity index (χ0) is 21.0. The van der Waals surface area contributed by atoms with Crippen LogP contribution in [0.1, 0.15) is 27.2 Å². The van der Waals surface area contributed by atoms with Gasteiger partial charge in [-0.25, -0.2) is 0 Å². The molecule has 1 spiro atoms. The highest BCUT2D eigenvalue weighted by Gasteiger charge is 2.75. The molecule has 8 nitrogen and oxygen atoms in total. The molecule has 29 heavy (non-hydrogen) atoms. The lowest BCUT2D eigenvalue weighted by molar-refractivity contribution is -0.159. The average molecular weight is 404 g/mol. The van der Waals surface area contributed by atoms with Crippen LogP contribution in [0, 0.1) is 11.8 Å². The molecule has 0 radical (unpaired) electrons. The molecule has 5 atom stereocenters. The van der Waals surface area contributed by atoms with Gasteiger partial charge >= 0.3 is 5.97 Å². The molecule has 2 amide bonds. The van der Waals surface area contributed by atoms with E-state index in [1.165, 1.54) is 4.90 Å². The molecule has 4 aliphatic rings. The third-order valence-corrected chi connectivity index (χ3v) is 6.69. The van der Waals surface area contributed by atoms with Crippen LogP contribution in [0.3, 0.4) is 0 Å². The van der Waals surface area contributed by atoms with Crippen molar-refractivity contribution in [2.75, 3.05) is 26.3 Å². The number of amides is 2. The van der Waals surface area contributed by atoms with Gasteiger partial charge in [-0.15, -0.1) is 0 Å². The van der Waals surface area contributed by atoms with Crippen molar-refractivity contribution in [3.8, 4) is 0 Å². The molecular formula is C21H28N2O6. The Balaban J connectivity index is 1.91. The molecule has 2 fully saturated rings. The summed E-state index contributed by atoms with van der Waals surface area (Å²) < 4.78 is 12.0. The number of β-amino-alcohol motifs (C(OH)–C–C–N with tert-alkyl or cyclic N) is 1. The number of aliphatic hydroxyl groups is 1. The van der Waals surface area contributed by atoms with Gasteiger partial charge in [0.15, 0.2) is 0 Å². The standard InChI is InChI=1S/C21H28N2O6/c1-4-20-7-6-12-28-19(27)15(20)14-17(25)23(10-11-24)16-18(26)22(13(2)3)9-5-8-21(14,16)29-20/h5-8,13-16,24H,4,9-12H2,1-3H3/t14-,15+,16?,20-,21-/m0/s1. The Bertz CT molecular complexity index is 792. The topological polar surface area (TPSA) is 96.4 Å². The molecule has 4 aliphatic heterocycles. The van der Waals surface area contributed by atoms with E-state index in [-0.39, 0.29) is 37.6 Å². The minimum atomic E-state index is -1.27. The van der Waals surface area contributed by atoms with Gasteiger partial charge in [-0.3, -0.25) is 14.4 Å². The zero-order valence-electron chi connectivity index (χ0n) is 17.0. The number of nitrogens with zero attached hydrogens (tertiary/aromatic N) is 2. The number of hydrogen-bond acceptors (Lipinski definition) is 6. The van der Waals surface area contributed by atoms with Crippen LogP contribution in [-0.4, -0.2) is 82.3 Å². The number of esters is 1. The summed E-state index contributed by atoms with van der Waals surface area (Å²) in [6.07, 6.45) is 7.68. The van der Waals surface area contributed by atoms with Crippen molar-refractivity contribution < 1.29 is 29.0 Å². The molecule has 4 rings (SSSR count). The second kappa shape index (κ2) is 6.95.